The third-order valence-corrected chi connectivity index (χ3v) is 23.1. The Morgan fingerprint density at radius 1 is 0.608 bits per heavy atom. The summed E-state index contributed by atoms with van der Waals surface area (Å²) in [6.07, 6.45) is 6.32. The molecule has 0 spiro atoms. The predicted molar refractivity (Wildman–Crippen MR) is 512 cm³/mol. The van der Waals surface area contributed by atoms with Crippen molar-refractivity contribution in [1.29, 1.82) is 0 Å². The van der Waals surface area contributed by atoms with Crippen LogP contribution in [0.1, 0.15) is 159 Å². The Morgan fingerprint density at radius 3 is 1.73 bits per heavy atom. The van der Waals surface area contributed by atoms with Crippen LogP contribution in [0.25, 0.3) is 55.3 Å². The van der Waals surface area contributed by atoms with E-state index >= 15 is 0 Å². The van der Waals surface area contributed by atoms with E-state index in [0.29, 0.717) is 129 Å². The molecule has 0 bridgehead atoms. The summed E-state index contributed by atoms with van der Waals surface area (Å²) in [5.41, 5.74) is 29.1. The lowest BCUT2D eigenvalue weighted by Gasteiger charge is -2.38. The number of nitrogens with zero attached hydrogens (tertiary/aromatic N) is 5. The molecule has 15 rings (SSSR count). The summed E-state index contributed by atoms with van der Waals surface area (Å²) in [6, 6.07) is 76.5. The lowest BCUT2D eigenvalue weighted by Crippen LogP contribution is -2.39. The van der Waals surface area contributed by atoms with Crippen molar-refractivity contribution in [1.82, 2.24) is 35.0 Å². The van der Waals surface area contributed by atoms with Crippen molar-refractivity contribution in [3.63, 3.8) is 0 Å². The Balaban J connectivity index is 0.000000155. The van der Waals surface area contributed by atoms with Gasteiger partial charge in [0.2, 0.25) is 0 Å². The van der Waals surface area contributed by atoms with Crippen LogP contribution in [0.15, 0.2) is 298 Å². The Kier molecular flexibility index (Phi) is 31.5. The number of carbonyl (C=O) groups is 1. The monoisotopic (exact) mass is 1710 g/mol. The van der Waals surface area contributed by atoms with E-state index in [1.165, 1.54) is 30.4 Å². The van der Waals surface area contributed by atoms with Gasteiger partial charge in [-0.3, -0.25) is 19.0 Å². The Bertz CT molecular complexity index is 5940. The third-order valence-electron chi connectivity index (χ3n) is 22.7. The molecule has 2 aliphatic heterocycles. The average Bonchev–Trinajstić information content (AvgIpc) is 0.699. The van der Waals surface area contributed by atoms with Gasteiger partial charge in [0.15, 0.2) is 10.9 Å². The first kappa shape index (κ1) is 91.5. The molecule has 13 aromatic rings. The molecule has 0 radical (unpaired) electrons. The molecule has 1 saturated heterocycles. The molecule has 0 amide bonds. The Hall–Kier alpha value is -12.7. The summed E-state index contributed by atoms with van der Waals surface area (Å²) >= 11 is 12.6. The van der Waals surface area contributed by atoms with Crippen molar-refractivity contribution in [2.24, 2.45) is 23.3 Å². The topological polar surface area (TPSA) is 251 Å². The van der Waals surface area contributed by atoms with Crippen molar-refractivity contribution in [2.75, 3.05) is 50.8 Å². The molecular formula is C105H114Cl2N10O8. The summed E-state index contributed by atoms with van der Waals surface area (Å²) in [7, 11) is 0. The molecule has 3 aromatic heterocycles. The summed E-state index contributed by atoms with van der Waals surface area (Å²) in [4.78, 5) is 69.3. The molecule has 10 aromatic carbocycles. The van der Waals surface area contributed by atoms with Gasteiger partial charge < -0.3 is 61.2 Å². The highest BCUT2D eigenvalue weighted by Gasteiger charge is 2.35. The maximum Gasteiger partial charge on any atom is 0.338 e. The normalized spacial score (nSPS) is 13.6. The minimum atomic E-state index is -0.394. The van der Waals surface area contributed by atoms with Gasteiger partial charge in [0.05, 0.1) is 59.0 Å². The highest BCUT2D eigenvalue weighted by molar-refractivity contribution is 6.31. The lowest BCUT2D eigenvalue weighted by molar-refractivity contribution is -0.139. The van der Waals surface area contributed by atoms with Crippen LogP contribution in [0.4, 0.5) is 5.69 Å². The van der Waals surface area contributed by atoms with E-state index in [-0.39, 0.29) is 57.8 Å². The summed E-state index contributed by atoms with van der Waals surface area (Å²) in [5, 5.41) is 28.6. The number of fused-ring (bicyclic) bond motifs is 3. The SMILES string of the molecule is C=C(c1ccc(C)cc1)N(CCCN)[C@@H](c1nc2cc(Cl)ccc2c(=O)n1Cc1ccccc1)C(C)C.C=C(c1ccc(C)cc1)N(CCCN)[C@@H](c1oc2cc(Cl)ccc2c(=O)c1Cc1ccccc1)C(C)C.C=C1NC(C)=C(C(=O)OCC)[C@H](c2cccc(O)c2)N1.O=c1c(-c2cccc(O)c2)c(Cc2ccccc2)[nH]c2ccc(N3CCCCC3)cc12. The molecule has 646 valence electrons. The quantitative estimate of drug-likeness (QED) is 0.0236. The number of hydrogen-bond acceptors (Lipinski definition) is 16. The van der Waals surface area contributed by atoms with Crippen LogP contribution < -0.4 is 43.4 Å². The molecule has 0 aliphatic carbocycles. The minimum Gasteiger partial charge on any atom is -0.508 e. The Labute approximate surface area is 742 Å². The first-order valence-corrected chi connectivity index (χ1v) is 43.7. The number of aromatic amines is 1. The van der Waals surface area contributed by atoms with Crippen LogP contribution >= 0.6 is 23.2 Å². The van der Waals surface area contributed by atoms with Crippen molar-refractivity contribution < 1.29 is 24.2 Å². The molecule has 125 heavy (non-hydrogen) atoms. The molecule has 0 saturated carbocycles. The van der Waals surface area contributed by atoms with Crippen molar-refractivity contribution in [3.8, 4) is 22.6 Å². The number of piperidine rings is 1. The van der Waals surface area contributed by atoms with Gasteiger partial charge in [-0.15, -0.1) is 0 Å². The number of hydrogen-bond donors (Lipinski definition) is 7. The summed E-state index contributed by atoms with van der Waals surface area (Å²) < 4.78 is 13.5. The van der Waals surface area contributed by atoms with Gasteiger partial charge >= 0.3 is 5.97 Å². The van der Waals surface area contributed by atoms with Gasteiger partial charge in [-0.2, -0.15) is 0 Å². The number of benzene rings is 10. The molecule has 20 heteroatoms. The molecule has 1 fully saturated rings. The van der Waals surface area contributed by atoms with E-state index in [1.54, 1.807) is 86.6 Å². The number of esters is 1. The first-order chi connectivity index (χ1) is 60.3. The molecule has 5 heterocycles. The van der Waals surface area contributed by atoms with Crippen LogP contribution in [0.3, 0.4) is 0 Å². The van der Waals surface area contributed by atoms with Crippen LogP contribution in [0, 0.1) is 25.7 Å². The maximum absolute atomic E-state index is 13.9. The fourth-order valence-corrected chi connectivity index (χ4v) is 16.7. The minimum absolute atomic E-state index is 0.00383. The van der Waals surface area contributed by atoms with Gasteiger partial charge in [0.1, 0.15) is 28.7 Å². The zero-order chi connectivity index (χ0) is 89.0. The van der Waals surface area contributed by atoms with E-state index in [9.17, 15) is 29.4 Å². The summed E-state index contributed by atoms with van der Waals surface area (Å²) in [6.45, 7) is 34.4. The van der Waals surface area contributed by atoms with Gasteiger partial charge in [-0.25, -0.2) is 9.78 Å². The number of halogens is 2. The van der Waals surface area contributed by atoms with Crippen LogP contribution in [-0.2, 0) is 28.9 Å². The van der Waals surface area contributed by atoms with Crippen LogP contribution in [0.2, 0.25) is 10.0 Å². The number of H-pyrrole nitrogens is 1. The van der Waals surface area contributed by atoms with E-state index in [1.807, 2.05) is 108 Å². The number of allylic oxidation sites excluding steroid dienone is 1. The number of carbonyl (C=O) groups excluding carboxylic acids is 1. The third kappa shape index (κ3) is 22.8. The number of phenolic OH excluding ortho intramolecular Hbond substituents is 2. The van der Waals surface area contributed by atoms with Crippen molar-refractivity contribution in [2.45, 2.75) is 125 Å². The van der Waals surface area contributed by atoms with Crippen LogP contribution in [-0.4, -0.2) is 86.4 Å². The number of rotatable bonds is 27. The number of ether oxygens (including phenoxy) is 1. The highest BCUT2D eigenvalue weighted by atomic mass is 35.5. The van der Waals surface area contributed by atoms with Gasteiger partial charge in [-0.1, -0.05) is 246 Å². The Morgan fingerprint density at radius 2 is 1.16 bits per heavy atom. The van der Waals surface area contributed by atoms with Crippen molar-refractivity contribution >= 4 is 79.0 Å². The second kappa shape index (κ2) is 43.1. The average molecular weight is 1720 g/mol. The van der Waals surface area contributed by atoms with Crippen LogP contribution in [0.5, 0.6) is 11.5 Å². The second-order valence-electron chi connectivity index (χ2n) is 32.6. The fraction of sp³-hybridized carbons (Fsp3) is 0.267. The molecule has 2 aliphatic rings. The van der Waals surface area contributed by atoms with Gasteiger partial charge in [0.25, 0.3) is 5.56 Å². The molecule has 18 nitrogen and oxygen atoms in total. The summed E-state index contributed by atoms with van der Waals surface area (Å²) in [5.74, 6) is 2.13. The number of anilines is 1. The number of aromatic nitrogens is 3. The molecule has 0 unspecified atom stereocenters. The number of aromatic hydroxyl groups is 2. The fourth-order valence-electron chi connectivity index (χ4n) is 16.4. The van der Waals surface area contributed by atoms with E-state index in [0.717, 1.165) is 93.2 Å². The predicted octanol–water partition coefficient (Wildman–Crippen LogP) is 21.2. The number of nitrogens with one attached hydrogen (secondary N) is 3. The lowest BCUT2D eigenvalue weighted by atomic mass is 9.91. The van der Waals surface area contributed by atoms with E-state index in [2.05, 4.69) is 158 Å². The van der Waals surface area contributed by atoms with Gasteiger partial charge in [-0.05, 0) is 196 Å². The highest BCUT2D eigenvalue weighted by Crippen LogP contribution is 2.41. The number of nitrogens with two attached hydrogens (primary N) is 2. The van der Waals surface area contributed by atoms with E-state index in [4.69, 9.17) is 48.8 Å². The number of phenols is 2. The number of aryl methyl sites for hydroxylation is 2. The maximum atomic E-state index is 13.9. The molecule has 3 atom stereocenters. The second-order valence-corrected chi connectivity index (χ2v) is 33.5. The number of pyridine rings is 1. The zero-order valence-corrected chi connectivity index (χ0v) is 74.2. The van der Waals surface area contributed by atoms with Gasteiger partial charge in [0, 0.05) is 106 Å². The van der Waals surface area contributed by atoms with E-state index < -0.39 is 6.04 Å². The standard InChI is InChI=1S/C32H35ClN2O2.C31H35ClN4O.C27H26N2O2.C15H18N2O3/c1-21(2)30(35(18-8-17-34)23(4)25-13-11-22(3)12-14-25)32-28(19-24-9-6-5-7-10-24)31(36)27-16-15-26(33)20-29(27)37-32;1-21(2)29(35(18-8-17-33)23(4)25-13-11-22(3)12-14-25)30-34-28-19-26(32)15-16-27(28)31(37)36(30)20-24-9-6-5-7-10-24;30-22-11-7-10-20(17-22)26-25(16-19-8-3-1-4-9-19)28-24-13-12-21(18-23(24)27(26)31)29-14-5-2-6-15-29;1-4-20-15(19)13-9(2)16-10(3)17-14(13)11-6-5-7-12(18)8-11/h5-7,9-16,20-21,30H,4,8,17-19,34H2,1-3H3;5-7,9-16,19,21,29H,4,8,17-18,20,33H2,1-3H3;1,3-4,7-13,17-18,30H,2,5-6,14-16H2,(H,28,31);5-8,14,16-18H,3-4H2,1-2H3/t30-;29-;;14-/m11.0/s1. The zero-order valence-electron chi connectivity index (χ0n) is 72.7. The first-order valence-electron chi connectivity index (χ1n) is 43.0. The molecule has 9 N–H and O–H groups in total. The largest absolute Gasteiger partial charge is 0.508 e. The van der Waals surface area contributed by atoms with Crippen molar-refractivity contribution in [3.05, 3.63) is 388 Å². The smallest absolute Gasteiger partial charge is 0.338 e. The molecular weight excluding hydrogens is 1600 g/mol.